The zero-order valence-electron chi connectivity index (χ0n) is 13.5. The first-order chi connectivity index (χ1) is 11.2. The number of rotatable bonds is 4. The molecule has 1 aliphatic heterocycles. The van der Waals surface area contributed by atoms with Gasteiger partial charge >= 0.3 is 0 Å². The van der Waals surface area contributed by atoms with E-state index in [1.165, 1.54) is 0 Å². The van der Waals surface area contributed by atoms with E-state index in [2.05, 4.69) is 5.32 Å². The summed E-state index contributed by atoms with van der Waals surface area (Å²) in [7, 11) is 3.40. The third kappa shape index (κ3) is 2.70. The van der Waals surface area contributed by atoms with E-state index in [9.17, 15) is 4.79 Å². The zero-order valence-corrected chi connectivity index (χ0v) is 13.5. The maximum atomic E-state index is 12.6. The van der Waals surface area contributed by atoms with Crippen LogP contribution in [0.2, 0.25) is 0 Å². The van der Waals surface area contributed by atoms with Crippen LogP contribution in [0.5, 0.6) is 11.5 Å². The smallest absolute Gasteiger partial charge is 0.257 e. The van der Waals surface area contributed by atoms with Gasteiger partial charge in [-0.1, -0.05) is 18.2 Å². The van der Waals surface area contributed by atoms with E-state index in [1.807, 2.05) is 49.4 Å². The van der Waals surface area contributed by atoms with Crippen LogP contribution in [0.3, 0.4) is 0 Å². The van der Waals surface area contributed by atoms with Crippen LogP contribution in [0.1, 0.15) is 29.0 Å². The fourth-order valence-corrected chi connectivity index (χ4v) is 2.78. The summed E-state index contributed by atoms with van der Waals surface area (Å²) in [6.45, 7) is 2.50. The van der Waals surface area contributed by atoms with Crippen molar-refractivity contribution in [1.29, 1.82) is 0 Å². The Kier molecular flexibility index (Phi) is 4.10. The molecule has 23 heavy (non-hydrogen) atoms. The quantitative estimate of drug-likeness (QED) is 0.941. The summed E-state index contributed by atoms with van der Waals surface area (Å²) in [5.74, 6) is 1.35. The second kappa shape index (κ2) is 6.20. The summed E-state index contributed by atoms with van der Waals surface area (Å²) < 4.78 is 11.0. The monoisotopic (exact) mass is 312 g/mol. The molecule has 1 N–H and O–H groups in total. The molecule has 0 fully saturated rings. The molecule has 5 nitrogen and oxygen atoms in total. The number of amides is 1. The zero-order chi connectivity index (χ0) is 16.4. The molecule has 0 radical (unpaired) electrons. The molecule has 2 aromatic carbocycles. The molecule has 0 aromatic heterocycles. The number of para-hydroxylation sites is 1. The Balaban J connectivity index is 1.97. The Morgan fingerprint density at radius 3 is 2.70 bits per heavy atom. The molecule has 0 saturated heterocycles. The molecule has 5 heteroatoms. The van der Waals surface area contributed by atoms with Gasteiger partial charge < -0.3 is 19.7 Å². The van der Waals surface area contributed by atoms with Crippen LogP contribution in [0, 0.1) is 0 Å². The fraction of sp³-hybridized carbons (Fsp3) is 0.278. The number of carbonyl (C=O) groups is 1. The van der Waals surface area contributed by atoms with Crippen LogP contribution >= 0.6 is 0 Å². The molecule has 1 heterocycles. The molecule has 0 spiro atoms. The lowest BCUT2D eigenvalue weighted by Gasteiger charge is -2.35. The molecule has 1 amide bonds. The highest BCUT2D eigenvalue weighted by Gasteiger charge is 2.30. The van der Waals surface area contributed by atoms with Crippen molar-refractivity contribution in [1.82, 2.24) is 4.90 Å². The van der Waals surface area contributed by atoms with Crippen LogP contribution in [0.4, 0.5) is 5.69 Å². The number of hydrogen-bond acceptors (Lipinski definition) is 4. The minimum absolute atomic E-state index is 0.00259. The average Bonchev–Trinajstić information content (AvgIpc) is 2.59. The number of hydrogen-bond donors (Lipinski definition) is 1. The number of anilines is 1. The third-order valence-corrected chi connectivity index (χ3v) is 3.96. The number of nitrogens with zero attached hydrogens (tertiary/aromatic N) is 1. The van der Waals surface area contributed by atoms with Crippen molar-refractivity contribution >= 4 is 11.6 Å². The predicted octanol–water partition coefficient (Wildman–Crippen LogP) is 3.29. The van der Waals surface area contributed by atoms with Crippen LogP contribution in [-0.4, -0.2) is 31.6 Å². The van der Waals surface area contributed by atoms with Crippen molar-refractivity contribution in [3.05, 3.63) is 53.6 Å². The Bertz CT molecular complexity index is 730. The number of nitrogens with one attached hydrogen (secondary N) is 1. The minimum Gasteiger partial charge on any atom is -0.493 e. The molecule has 0 aliphatic carbocycles. The van der Waals surface area contributed by atoms with E-state index in [-0.39, 0.29) is 12.1 Å². The molecule has 1 atom stereocenters. The van der Waals surface area contributed by atoms with Gasteiger partial charge in [0.05, 0.1) is 19.3 Å². The van der Waals surface area contributed by atoms with Gasteiger partial charge in [0.25, 0.3) is 5.91 Å². The number of carbonyl (C=O) groups excluding carboxylic acids is 1. The van der Waals surface area contributed by atoms with Crippen molar-refractivity contribution < 1.29 is 14.3 Å². The van der Waals surface area contributed by atoms with Gasteiger partial charge in [-0.05, 0) is 36.8 Å². The van der Waals surface area contributed by atoms with E-state index in [4.69, 9.17) is 9.47 Å². The Morgan fingerprint density at radius 2 is 1.96 bits per heavy atom. The molecule has 0 saturated carbocycles. The summed E-state index contributed by atoms with van der Waals surface area (Å²) in [5.41, 5.74) is 2.47. The molecule has 1 aliphatic rings. The van der Waals surface area contributed by atoms with E-state index in [1.54, 1.807) is 19.1 Å². The van der Waals surface area contributed by atoms with Crippen LogP contribution in [0.25, 0.3) is 0 Å². The van der Waals surface area contributed by atoms with Crippen LogP contribution in [-0.2, 0) is 0 Å². The molecular formula is C18H20N2O3. The summed E-state index contributed by atoms with van der Waals surface area (Å²) >= 11 is 0. The van der Waals surface area contributed by atoms with Gasteiger partial charge in [-0.25, -0.2) is 0 Å². The molecule has 1 unspecified atom stereocenters. The average molecular weight is 312 g/mol. The van der Waals surface area contributed by atoms with E-state index in [0.717, 1.165) is 11.3 Å². The largest absolute Gasteiger partial charge is 0.493 e. The predicted molar refractivity (Wildman–Crippen MR) is 89.1 cm³/mol. The minimum atomic E-state index is -0.248. The van der Waals surface area contributed by atoms with Gasteiger partial charge in [0.2, 0.25) is 0 Å². The van der Waals surface area contributed by atoms with Crippen molar-refractivity contribution in [2.75, 3.05) is 26.1 Å². The van der Waals surface area contributed by atoms with Gasteiger partial charge in [-0.2, -0.15) is 0 Å². The summed E-state index contributed by atoms with van der Waals surface area (Å²) in [6.07, 6.45) is -0.248. The third-order valence-electron chi connectivity index (χ3n) is 3.96. The maximum Gasteiger partial charge on any atom is 0.257 e. The Labute approximate surface area is 135 Å². The second-order valence-corrected chi connectivity index (χ2v) is 5.35. The van der Waals surface area contributed by atoms with Gasteiger partial charge in [0, 0.05) is 12.7 Å². The van der Waals surface area contributed by atoms with E-state index in [0.29, 0.717) is 23.7 Å². The Hall–Kier alpha value is -2.69. The van der Waals surface area contributed by atoms with Crippen molar-refractivity contribution in [3.63, 3.8) is 0 Å². The number of methoxy groups -OCH3 is 1. The standard InChI is InChI=1S/C18H20N2O3/c1-4-23-15-10-9-12(11-16(15)22-3)17-19-14-8-6-5-7-13(14)18(21)20(17)2/h5-11,17,19H,4H2,1-3H3. The Morgan fingerprint density at radius 1 is 1.17 bits per heavy atom. The lowest BCUT2D eigenvalue weighted by molar-refractivity contribution is 0.0735. The first-order valence-corrected chi connectivity index (χ1v) is 7.59. The van der Waals surface area contributed by atoms with Crippen molar-refractivity contribution in [3.8, 4) is 11.5 Å². The number of benzene rings is 2. The highest BCUT2D eigenvalue weighted by molar-refractivity contribution is 6.01. The summed E-state index contributed by atoms with van der Waals surface area (Å²) in [6, 6.07) is 13.3. The van der Waals surface area contributed by atoms with Crippen molar-refractivity contribution in [2.45, 2.75) is 13.1 Å². The first kappa shape index (κ1) is 15.2. The van der Waals surface area contributed by atoms with Crippen LogP contribution in [0.15, 0.2) is 42.5 Å². The molecular weight excluding hydrogens is 292 g/mol. The number of ether oxygens (including phenoxy) is 2. The fourth-order valence-electron chi connectivity index (χ4n) is 2.78. The molecule has 3 rings (SSSR count). The lowest BCUT2D eigenvalue weighted by Crippen LogP contribution is -2.40. The van der Waals surface area contributed by atoms with E-state index < -0.39 is 0 Å². The number of fused-ring (bicyclic) bond motifs is 1. The van der Waals surface area contributed by atoms with Gasteiger partial charge in [0.1, 0.15) is 6.17 Å². The van der Waals surface area contributed by atoms with E-state index >= 15 is 0 Å². The van der Waals surface area contributed by atoms with Crippen LogP contribution < -0.4 is 14.8 Å². The molecule has 0 bridgehead atoms. The van der Waals surface area contributed by atoms with Gasteiger partial charge in [-0.15, -0.1) is 0 Å². The summed E-state index contributed by atoms with van der Waals surface area (Å²) in [5, 5.41) is 3.40. The van der Waals surface area contributed by atoms with Gasteiger partial charge in [-0.3, -0.25) is 4.79 Å². The highest BCUT2D eigenvalue weighted by Crippen LogP contribution is 2.36. The van der Waals surface area contributed by atoms with Crippen molar-refractivity contribution in [2.24, 2.45) is 0 Å². The topological polar surface area (TPSA) is 50.8 Å². The highest BCUT2D eigenvalue weighted by atomic mass is 16.5. The lowest BCUT2D eigenvalue weighted by atomic mass is 10.0. The normalized spacial score (nSPS) is 16.6. The maximum absolute atomic E-state index is 12.6. The van der Waals surface area contributed by atoms with Gasteiger partial charge in [0.15, 0.2) is 11.5 Å². The second-order valence-electron chi connectivity index (χ2n) is 5.35. The molecule has 2 aromatic rings. The first-order valence-electron chi connectivity index (χ1n) is 7.59. The summed E-state index contributed by atoms with van der Waals surface area (Å²) in [4.78, 5) is 14.2. The SMILES string of the molecule is CCOc1ccc(C2Nc3ccccc3C(=O)N2C)cc1OC. The molecule has 120 valence electrons.